The van der Waals surface area contributed by atoms with Gasteiger partial charge in [0.15, 0.2) is 5.78 Å². The number of ketones is 1. The quantitative estimate of drug-likeness (QED) is 0.598. The topological polar surface area (TPSA) is 40.9 Å². The Hall–Kier alpha value is -1.10. The molecule has 0 spiro atoms. The van der Waals surface area contributed by atoms with Crippen LogP contribution in [0.2, 0.25) is 0 Å². The van der Waals surface area contributed by atoms with Gasteiger partial charge in [0.2, 0.25) is 0 Å². The maximum atomic E-state index is 11.9. The Bertz CT molecular complexity index is 309. The number of hydrogen-bond acceptors (Lipinski definition) is 2. The molecule has 0 N–H and O–H groups in total. The molecule has 0 aliphatic heterocycles. The largest absolute Gasteiger partial charge is 0.298 e. The van der Waals surface area contributed by atoms with E-state index in [4.69, 9.17) is 5.26 Å². The molecule has 76 valence electrons. The SMILES string of the molecule is C=C(C)[C@@H]1CCC(C)(C)C(=O)[C@H]1C#N. The van der Waals surface area contributed by atoms with E-state index in [2.05, 4.69) is 12.6 Å². The van der Waals surface area contributed by atoms with Crippen LogP contribution in [0, 0.1) is 28.6 Å². The summed E-state index contributed by atoms with van der Waals surface area (Å²) < 4.78 is 0. The Morgan fingerprint density at radius 1 is 1.64 bits per heavy atom. The summed E-state index contributed by atoms with van der Waals surface area (Å²) in [5, 5.41) is 9.00. The van der Waals surface area contributed by atoms with Crippen molar-refractivity contribution in [2.75, 3.05) is 0 Å². The van der Waals surface area contributed by atoms with Crippen molar-refractivity contribution in [3.8, 4) is 6.07 Å². The third-order valence-corrected chi connectivity index (χ3v) is 3.20. The lowest BCUT2D eigenvalue weighted by Gasteiger charge is -2.36. The molecule has 2 heteroatoms. The average molecular weight is 191 g/mol. The third-order valence-electron chi connectivity index (χ3n) is 3.20. The minimum Gasteiger partial charge on any atom is -0.298 e. The van der Waals surface area contributed by atoms with Crippen LogP contribution in [-0.2, 0) is 4.79 Å². The first-order chi connectivity index (χ1) is 6.40. The highest BCUT2D eigenvalue weighted by Crippen LogP contribution is 2.41. The molecular formula is C12H17NO. The Labute approximate surface area is 85.6 Å². The van der Waals surface area contributed by atoms with Crippen LogP contribution in [-0.4, -0.2) is 5.78 Å². The predicted molar refractivity (Wildman–Crippen MR) is 55.4 cm³/mol. The van der Waals surface area contributed by atoms with Gasteiger partial charge in [-0.15, -0.1) is 0 Å². The fraction of sp³-hybridized carbons (Fsp3) is 0.667. The predicted octanol–water partition coefficient (Wildman–Crippen LogP) is 2.71. The van der Waals surface area contributed by atoms with Gasteiger partial charge in [-0.1, -0.05) is 26.0 Å². The molecular weight excluding hydrogens is 174 g/mol. The van der Waals surface area contributed by atoms with Crippen LogP contribution in [0.1, 0.15) is 33.6 Å². The van der Waals surface area contributed by atoms with E-state index in [1.807, 2.05) is 20.8 Å². The normalized spacial score (nSPS) is 30.9. The standard InChI is InChI=1S/C12H17NO/c1-8(2)9-5-6-12(3,4)11(14)10(9)7-13/h9-10H,1,5-6H2,2-4H3/t9-,10-/m0/s1. The highest BCUT2D eigenvalue weighted by Gasteiger charge is 2.43. The van der Waals surface area contributed by atoms with Gasteiger partial charge in [-0.2, -0.15) is 5.26 Å². The molecule has 1 aliphatic carbocycles. The van der Waals surface area contributed by atoms with Gasteiger partial charge in [0.05, 0.1) is 6.07 Å². The van der Waals surface area contributed by atoms with Crippen molar-refractivity contribution in [1.82, 2.24) is 0 Å². The second-order valence-corrected chi connectivity index (χ2v) is 4.85. The Morgan fingerprint density at radius 3 is 2.64 bits per heavy atom. The highest BCUT2D eigenvalue weighted by atomic mass is 16.1. The summed E-state index contributed by atoms with van der Waals surface area (Å²) >= 11 is 0. The van der Waals surface area contributed by atoms with Crippen LogP contribution in [0.4, 0.5) is 0 Å². The number of hydrogen-bond donors (Lipinski definition) is 0. The number of allylic oxidation sites excluding steroid dienone is 1. The molecule has 0 aromatic carbocycles. The fourth-order valence-corrected chi connectivity index (χ4v) is 2.09. The summed E-state index contributed by atoms with van der Waals surface area (Å²) in [5.74, 6) is -0.323. The minimum absolute atomic E-state index is 0.0699. The van der Waals surface area contributed by atoms with E-state index >= 15 is 0 Å². The van der Waals surface area contributed by atoms with Gasteiger partial charge < -0.3 is 0 Å². The molecule has 2 nitrogen and oxygen atoms in total. The molecule has 0 aromatic rings. The Morgan fingerprint density at radius 2 is 2.21 bits per heavy atom. The van der Waals surface area contributed by atoms with Crippen LogP contribution >= 0.6 is 0 Å². The third kappa shape index (κ3) is 1.72. The van der Waals surface area contributed by atoms with Crippen LogP contribution in [0.3, 0.4) is 0 Å². The molecule has 0 aromatic heterocycles. The fourth-order valence-electron chi connectivity index (χ4n) is 2.09. The van der Waals surface area contributed by atoms with E-state index in [1.54, 1.807) is 0 Å². The van der Waals surface area contributed by atoms with Gasteiger partial charge in [-0.25, -0.2) is 0 Å². The van der Waals surface area contributed by atoms with Gasteiger partial charge >= 0.3 is 0 Å². The molecule has 0 unspecified atom stereocenters. The van der Waals surface area contributed by atoms with Crippen molar-refractivity contribution in [2.24, 2.45) is 17.3 Å². The monoisotopic (exact) mass is 191 g/mol. The van der Waals surface area contributed by atoms with Crippen molar-refractivity contribution in [3.05, 3.63) is 12.2 Å². The van der Waals surface area contributed by atoms with Crippen LogP contribution in [0.15, 0.2) is 12.2 Å². The summed E-state index contributed by atoms with van der Waals surface area (Å²) in [7, 11) is 0. The second kappa shape index (κ2) is 3.57. The second-order valence-electron chi connectivity index (χ2n) is 4.85. The van der Waals surface area contributed by atoms with Crippen LogP contribution in [0.5, 0.6) is 0 Å². The minimum atomic E-state index is -0.476. The number of carbonyl (C=O) groups excluding carboxylic acids is 1. The van der Waals surface area contributed by atoms with Crippen LogP contribution in [0.25, 0.3) is 0 Å². The zero-order chi connectivity index (χ0) is 10.9. The van der Waals surface area contributed by atoms with Gasteiger partial charge in [-0.05, 0) is 19.8 Å². The van der Waals surface area contributed by atoms with Crippen molar-refractivity contribution < 1.29 is 4.79 Å². The van der Waals surface area contributed by atoms with Gasteiger partial charge in [-0.3, -0.25) is 4.79 Å². The van der Waals surface area contributed by atoms with E-state index < -0.39 is 5.92 Å². The van der Waals surface area contributed by atoms with Gasteiger partial charge in [0.25, 0.3) is 0 Å². The molecule has 0 bridgehead atoms. The summed E-state index contributed by atoms with van der Waals surface area (Å²) in [6.07, 6.45) is 1.77. The zero-order valence-electron chi connectivity index (χ0n) is 9.13. The lowest BCUT2D eigenvalue weighted by Crippen LogP contribution is -2.40. The van der Waals surface area contributed by atoms with Crippen LogP contribution < -0.4 is 0 Å². The first-order valence-electron chi connectivity index (χ1n) is 4.99. The van der Waals surface area contributed by atoms with Crippen molar-refractivity contribution in [3.63, 3.8) is 0 Å². The van der Waals surface area contributed by atoms with E-state index in [0.717, 1.165) is 18.4 Å². The van der Waals surface area contributed by atoms with Crippen molar-refractivity contribution in [2.45, 2.75) is 33.6 Å². The van der Waals surface area contributed by atoms with Gasteiger partial charge in [0, 0.05) is 11.3 Å². The van der Waals surface area contributed by atoms with Gasteiger partial charge in [0.1, 0.15) is 5.92 Å². The molecule has 0 saturated heterocycles. The summed E-state index contributed by atoms with van der Waals surface area (Å²) in [4.78, 5) is 11.9. The van der Waals surface area contributed by atoms with E-state index in [9.17, 15) is 4.79 Å². The molecule has 0 heterocycles. The lowest BCUT2D eigenvalue weighted by molar-refractivity contribution is -0.133. The Balaban J connectivity index is 2.96. The molecule has 14 heavy (non-hydrogen) atoms. The lowest BCUT2D eigenvalue weighted by atomic mass is 9.65. The highest BCUT2D eigenvalue weighted by molar-refractivity contribution is 5.89. The summed E-state index contributed by atoms with van der Waals surface area (Å²) in [5.41, 5.74) is 0.632. The molecule has 1 aliphatic rings. The molecule has 1 saturated carbocycles. The van der Waals surface area contributed by atoms with E-state index in [-0.39, 0.29) is 17.1 Å². The maximum absolute atomic E-state index is 11.9. The first kappa shape index (κ1) is 11.0. The molecule has 1 fully saturated rings. The zero-order valence-corrected chi connectivity index (χ0v) is 9.13. The number of nitrogens with zero attached hydrogens (tertiary/aromatic N) is 1. The van der Waals surface area contributed by atoms with E-state index in [1.165, 1.54) is 0 Å². The maximum Gasteiger partial charge on any atom is 0.156 e. The average Bonchev–Trinajstić information content (AvgIpc) is 2.09. The summed E-state index contributed by atoms with van der Waals surface area (Å²) in [6.45, 7) is 9.61. The Kier molecular flexibility index (Phi) is 2.80. The smallest absolute Gasteiger partial charge is 0.156 e. The molecule has 1 rings (SSSR count). The van der Waals surface area contributed by atoms with Crippen molar-refractivity contribution >= 4 is 5.78 Å². The number of nitriles is 1. The number of carbonyl (C=O) groups is 1. The number of Topliss-reactive ketones (excluding diaryl/α,β-unsaturated/α-hetero) is 1. The summed E-state index contributed by atoms with van der Waals surface area (Å²) in [6, 6.07) is 2.13. The molecule has 2 atom stereocenters. The number of rotatable bonds is 1. The van der Waals surface area contributed by atoms with Crippen molar-refractivity contribution in [1.29, 1.82) is 5.26 Å². The molecule has 0 radical (unpaired) electrons. The molecule has 0 amide bonds. The van der Waals surface area contributed by atoms with E-state index in [0.29, 0.717) is 0 Å². The first-order valence-corrected chi connectivity index (χ1v) is 4.99.